The van der Waals surface area contributed by atoms with Crippen LogP contribution in [0.4, 0.5) is 51.2 Å². The summed E-state index contributed by atoms with van der Waals surface area (Å²) in [5, 5.41) is 3.77. The summed E-state index contributed by atoms with van der Waals surface area (Å²) in [5.74, 6) is 1.82. The minimum absolute atomic E-state index is 0.903. The van der Waals surface area contributed by atoms with Crippen molar-refractivity contribution in [2.75, 3.05) is 14.7 Å². The Morgan fingerprint density at radius 2 is 0.400 bits per heavy atom. The summed E-state index contributed by atoms with van der Waals surface area (Å²) in [6.07, 6.45) is 8.73. The molecule has 3 aliphatic carbocycles. The van der Waals surface area contributed by atoms with Crippen molar-refractivity contribution in [3.05, 3.63) is 583 Å². The van der Waals surface area contributed by atoms with E-state index in [4.69, 9.17) is 4.98 Å². The number of anilines is 9. The van der Waals surface area contributed by atoms with Crippen LogP contribution in [0.25, 0.3) is 206 Å². The number of fused-ring (bicyclic) bond motifs is 15. The molecule has 150 heavy (non-hydrogen) atoms. The van der Waals surface area contributed by atoms with Gasteiger partial charge in [-0.25, -0.2) is 9.97 Å². The molecule has 0 fully saturated rings. The van der Waals surface area contributed by atoms with E-state index in [9.17, 15) is 0 Å². The quantitative estimate of drug-likeness (QED) is 0.0909. The molecule has 5 heterocycles. The molecule has 3 aliphatic rings. The first kappa shape index (κ1) is 88.8. The van der Waals surface area contributed by atoms with Gasteiger partial charge in [0, 0.05) is 120 Å². The zero-order chi connectivity index (χ0) is 99.3. The molecule has 26 aromatic rings. The van der Waals surface area contributed by atoms with Gasteiger partial charge in [0.2, 0.25) is 0 Å². The van der Waals surface area contributed by atoms with Gasteiger partial charge in [0.25, 0.3) is 0 Å². The molecular weight excluding hydrogens is 1820 g/mol. The Hall–Kier alpha value is -20.1. The number of nitrogens with zero attached hydrogens (tertiary/aromatic N) is 8. The van der Waals surface area contributed by atoms with Crippen LogP contribution in [0.1, 0.15) is 0 Å². The Kier molecular flexibility index (Phi) is 22.8. The molecule has 0 amide bonds. The molecule has 0 aliphatic heterocycles. The van der Waals surface area contributed by atoms with Crippen LogP contribution in [-0.4, -0.2) is 23.7 Å². The van der Waals surface area contributed by atoms with Crippen molar-refractivity contribution in [1.82, 2.24) is 23.7 Å². The number of hydrogen-bond donors (Lipinski definition) is 0. The van der Waals surface area contributed by atoms with E-state index in [0.717, 1.165) is 90.8 Å². The van der Waals surface area contributed by atoms with Gasteiger partial charge in [0.05, 0.1) is 22.2 Å². The van der Waals surface area contributed by atoms with E-state index in [1.165, 1.54) is 166 Å². The van der Waals surface area contributed by atoms with Gasteiger partial charge in [-0.15, -0.1) is 0 Å². The van der Waals surface area contributed by atoms with E-state index in [2.05, 4.69) is 592 Å². The monoisotopic (exact) mass is 1910 g/mol. The number of rotatable bonds is 17. The Morgan fingerprint density at radius 3 is 0.760 bits per heavy atom. The fraction of sp³-hybridized carbons (Fsp3) is 0. The second kappa shape index (κ2) is 38.6. The van der Waals surface area contributed by atoms with Crippen LogP contribution in [0.5, 0.6) is 0 Å². The Bertz CT molecular complexity index is 9120. The highest BCUT2D eigenvalue weighted by molar-refractivity contribution is 6.18. The highest BCUT2D eigenvalue weighted by Crippen LogP contribution is 2.56. The molecule has 5 aromatic heterocycles. The molecule has 0 saturated heterocycles. The lowest BCUT2D eigenvalue weighted by Crippen LogP contribution is -2.10. The molecule has 0 spiro atoms. The summed E-state index contributed by atoms with van der Waals surface area (Å²) in [7, 11) is 0. The highest BCUT2D eigenvalue weighted by Gasteiger charge is 2.32. The lowest BCUT2D eigenvalue weighted by molar-refractivity contribution is 1.04. The van der Waals surface area contributed by atoms with E-state index in [1.54, 1.807) is 0 Å². The molecule has 8 nitrogen and oxygen atoms in total. The van der Waals surface area contributed by atoms with Gasteiger partial charge in [-0.05, 0) is 292 Å². The number of pyridine rings is 2. The van der Waals surface area contributed by atoms with Crippen molar-refractivity contribution in [3.63, 3.8) is 0 Å². The van der Waals surface area contributed by atoms with Crippen molar-refractivity contribution in [1.29, 1.82) is 0 Å². The van der Waals surface area contributed by atoms with Crippen LogP contribution < -0.4 is 14.7 Å². The van der Waals surface area contributed by atoms with E-state index in [1.807, 2.05) is 24.4 Å². The van der Waals surface area contributed by atoms with Crippen LogP contribution in [0.3, 0.4) is 0 Å². The van der Waals surface area contributed by atoms with Crippen molar-refractivity contribution < 1.29 is 0 Å². The zero-order valence-electron chi connectivity index (χ0n) is 82.0. The fourth-order valence-corrected chi connectivity index (χ4v) is 22.6. The van der Waals surface area contributed by atoms with Gasteiger partial charge in [0.15, 0.2) is 0 Å². The molecule has 0 unspecified atom stereocenters. The summed E-state index contributed by atoms with van der Waals surface area (Å²) in [6.45, 7) is 0. The van der Waals surface area contributed by atoms with Gasteiger partial charge in [-0.1, -0.05) is 394 Å². The maximum absolute atomic E-state index is 5.15. The van der Waals surface area contributed by atoms with Gasteiger partial charge >= 0.3 is 0 Å². The van der Waals surface area contributed by atoms with Crippen LogP contribution >= 0.6 is 0 Å². The van der Waals surface area contributed by atoms with Crippen molar-refractivity contribution in [2.24, 2.45) is 0 Å². The normalized spacial score (nSPS) is 11.5. The van der Waals surface area contributed by atoms with Crippen LogP contribution in [0, 0.1) is 0 Å². The van der Waals surface area contributed by atoms with Gasteiger partial charge in [-0.2, -0.15) is 0 Å². The van der Waals surface area contributed by atoms with Gasteiger partial charge in [0.1, 0.15) is 11.6 Å². The average Bonchev–Trinajstić information content (AvgIpc) is 1.57. The van der Waals surface area contributed by atoms with Crippen LogP contribution in [0.2, 0.25) is 0 Å². The Balaban J connectivity index is 0.000000111. The van der Waals surface area contributed by atoms with Crippen molar-refractivity contribution in [3.8, 4) is 173 Å². The largest absolute Gasteiger partial charge is 0.316 e. The van der Waals surface area contributed by atoms with Crippen LogP contribution in [0.15, 0.2) is 583 Å². The maximum atomic E-state index is 5.15. The van der Waals surface area contributed by atoms with Crippen LogP contribution in [-0.2, 0) is 0 Å². The third kappa shape index (κ3) is 16.3. The first-order chi connectivity index (χ1) is 74.4. The average molecular weight is 1910 g/mol. The summed E-state index contributed by atoms with van der Waals surface area (Å²) < 4.78 is 6.85. The molecule has 21 aromatic carbocycles. The number of hydrogen-bond acceptors (Lipinski definition) is 5. The number of aromatic nitrogens is 5. The topological polar surface area (TPSA) is 50.3 Å². The fourth-order valence-electron chi connectivity index (χ4n) is 22.6. The first-order valence-electron chi connectivity index (χ1n) is 51.2. The lowest BCUT2D eigenvalue weighted by Gasteiger charge is -2.27. The van der Waals surface area contributed by atoms with E-state index in [0.29, 0.717) is 0 Å². The standard InChI is InChI=1S/C50H34N2.C49H33N3.C43H29N3/c1-4-14-35(15-5-1)37-26-28-40(29-27-37)52(39-19-8-3-9-20-39)42-30-31-45-46-24-13-25-49-50(46)48(44-23-11-10-22-43(44)47(45)33-42)34-51(49)41-21-12-18-38(32-41)36-16-6-2-7-17-36;1-4-14-34(15-5-1)35-26-28-38(29-27-35)52(37-18-8-3-9-19-37)39-30-31-42-43-22-12-24-47-49(43)45(41-21-11-10-20-40(41)44(42)32-39)33-51(47)48-25-13-23-46(50-48)36-16-6-2-7-17-36;1-3-12-30(13-4-1)31-21-23-33(24-22-31)46(32-14-5-2-6-15-32)34-25-26-37-38-18-11-19-41-43(38)40(29-45(41)42-20-9-10-27-44-42)36-17-8-7-16-35(36)39(37)28-34/h1-34H;1-33H;1-29H. The molecule has 29 rings (SSSR count). The van der Waals surface area contributed by atoms with E-state index in [-0.39, 0.29) is 0 Å². The molecule has 704 valence electrons. The Morgan fingerprint density at radius 1 is 0.147 bits per heavy atom. The Labute approximate surface area is 872 Å². The maximum Gasteiger partial charge on any atom is 0.137 e. The zero-order valence-corrected chi connectivity index (χ0v) is 82.0. The van der Waals surface area contributed by atoms with Crippen molar-refractivity contribution in [2.45, 2.75) is 0 Å². The minimum atomic E-state index is 0.903. The lowest BCUT2D eigenvalue weighted by atomic mass is 9.93. The number of para-hydroxylation sites is 3. The summed E-state index contributed by atoms with van der Waals surface area (Å²) in [6, 6.07) is 200. The summed E-state index contributed by atoms with van der Waals surface area (Å²) in [5.41, 5.74) is 48.5. The predicted octanol–water partition coefficient (Wildman–Crippen LogP) is 38.4. The third-order valence-electron chi connectivity index (χ3n) is 29.6. The molecule has 0 N–H and O–H groups in total. The van der Waals surface area contributed by atoms with Gasteiger partial charge < -0.3 is 28.4 Å². The minimum Gasteiger partial charge on any atom is -0.316 e. The molecule has 0 radical (unpaired) electrons. The molecule has 0 saturated carbocycles. The van der Waals surface area contributed by atoms with E-state index < -0.39 is 0 Å². The molecule has 0 bridgehead atoms. The first-order valence-corrected chi connectivity index (χ1v) is 51.2. The molecule has 8 heteroatoms. The number of benzene rings is 21. The highest BCUT2D eigenvalue weighted by atomic mass is 15.2. The second-order valence-corrected chi connectivity index (χ2v) is 38.3. The van der Waals surface area contributed by atoms with E-state index >= 15 is 0 Å². The third-order valence-corrected chi connectivity index (χ3v) is 29.6. The summed E-state index contributed by atoms with van der Waals surface area (Å²) in [4.78, 5) is 16.9. The second-order valence-electron chi connectivity index (χ2n) is 38.3. The molecular formula is C142H96N8. The molecule has 0 atom stereocenters. The SMILES string of the molecule is c1ccc(-c2ccc(N(c3ccccc3)c3ccc4c(c3)-c3ccccc3-c3cn(-c5cccc(-c6ccccc6)c5)c5cccc-4c35)cc2)cc1.c1ccc(-c2ccc(N(c3ccccc3)c3ccc4c(c3)-c3ccccc3-c3cn(-c5cccc(-c6ccccc6)n5)c5cccc-4c35)cc2)cc1.c1ccc(-c2ccc(N(c3ccccc3)c3ccc4c(c3)-c3ccccc3-c3cn(-c5ccccn5)c5cccc-4c35)cc2)cc1. The summed E-state index contributed by atoms with van der Waals surface area (Å²) >= 11 is 0. The van der Waals surface area contributed by atoms with Gasteiger partial charge in [-0.3, -0.25) is 0 Å². The predicted molar refractivity (Wildman–Crippen MR) is 626 cm³/mol. The van der Waals surface area contributed by atoms with Crippen molar-refractivity contribution >= 4 is 83.9 Å². The smallest absolute Gasteiger partial charge is 0.137 e.